The average Bonchev–Trinajstić information content (AvgIpc) is 2.39. The van der Waals surface area contributed by atoms with Crippen LogP contribution in [0.15, 0.2) is 36.4 Å². The second-order valence-corrected chi connectivity index (χ2v) is 4.43. The van der Waals surface area contributed by atoms with Crippen molar-refractivity contribution >= 4 is 11.3 Å². The minimum atomic E-state index is 0.292. The van der Waals surface area contributed by atoms with Crippen LogP contribution in [0.5, 0.6) is 5.75 Å². The molecule has 0 aliphatic heterocycles. The molecule has 2 aromatic rings. The highest BCUT2D eigenvalue weighted by Crippen LogP contribution is 2.24. The summed E-state index contributed by atoms with van der Waals surface area (Å²) in [5, 5.41) is 16.5. The Balaban J connectivity index is 2.43. The summed E-state index contributed by atoms with van der Waals surface area (Å²) in [5.41, 5.74) is 1.43. The number of benzene rings is 1. The van der Waals surface area contributed by atoms with Crippen molar-refractivity contribution in [2.24, 2.45) is 0 Å². The zero-order chi connectivity index (χ0) is 12.3. The number of methoxy groups -OCH3 is 1. The highest BCUT2D eigenvalue weighted by atomic mass is 32.1. The number of nitrogens with one attached hydrogen (secondary N) is 1. The number of hydrogen-bond acceptors (Lipinski definition) is 4. The molecule has 4 heteroatoms. The van der Waals surface area contributed by atoms with Gasteiger partial charge in [0.25, 0.3) is 0 Å². The van der Waals surface area contributed by atoms with E-state index in [1.54, 1.807) is 13.2 Å². The molecular weight excluding hydrogens is 232 g/mol. The van der Waals surface area contributed by atoms with Gasteiger partial charge in [-0.15, -0.1) is 11.3 Å². The van der Waals surface area contributed by atoms with Crippen molar-refractivity contribution in [3.63, 3.8) is 0 Å². The van der Waals surface area contributed by atoms with Gasteiger partial charge in [0.1, 0.15) is 16.5 Å². The van der Waals surface area contributed by atoms with Gasteiger partial charge in [0.05, 0.1) is 12.7 Å². The van der Waals surface area contributed by atoms with Gasteiger partial charge in [-0.1, -0.05) is 0 Å². The molecule has 0 atom stereocenters. The fraction of sp³-hybridized carbons (Fsp3) is 0.0769. The van der Waals surface area contributed by atoms with Gasteiger partial charge in [0.2, 0.25) is 0 Å². The molecule has 1 aromatic heterocycles. The summed E-state index contributed by atoms with van der Waals surface area (Å²) >= 11 is 1.30. The summed E-state index contributed by atoms with van der Waals surface area (Å²) in [5.74, 6) is 0.804. The molecule has 0 fully saturated rings. The number of ether oxygens (including phenoxy) is 1. The maximum absolute atomic E-state index is 8.77. The number of nitriles is 1. The zero-order valence-electron chi connectivity index (χ0n) is 9.23. The molecule has 0 saturated carbocycles. The molecule has 2 rings (SSSR count). The van der Waals surface area contributed by atoms with Gasteiger partial charge < -0.3 is 4.74 Å². The Labute approximate surface area is 103 Å². The van der Waals surface area contributed by atoms with Crippen LogP contribution < -0.4 is 9.41 Å². The number of nitrogens with zero attached hydrogens (tertiary/aromatic N) is 1. The molecule has 0 unspecified atom stereocenters. The lowest BCUT2D eigenvalue weighted by atomic mass is 10.2. The Morgan fingerprint density at radius 2 is 1.88 bits per heavy atom. The van der Waals surface area contributed by atoms with Crippen molar-refractivity contribution in [2.75, 3.05) is 7.11 Å². The van der Waals surface area contributed by atoms with Crippen LogP contribution in [0.4, 0.5) is 0 Å². The monoisotopic (exact) mass is 242 g/mol. The van der Waals surface area contributed by atoms with Crippen LogP contribution in [0.25, 0.3) is 10.4 Å². The van der Waals surface area contributed by atoms with E-state index >= 15 is 0 Å². The van der Waals surface area contributed by atoms with E-state index in [9.17, 15) is 0 Å². The summed E-state index contributed by atoms with van der Waals surface area (Å²) in [6.45, 7) is 0. The predicted molar refractivity (Wildman–Crippen MR) is 66.9 cm³/mol. The molecule has 1 aromatic carbocycles. The lowest BCUT2D eigenvalue weighted by Crippen LogP contribution is -1.99. The minimum Gasteiger partial charge on any atom is -0.497 e. The summed E-state index contributed by atoms with van der Waals surface area (Å²) in [4.78, 5) is 0.969. The Hall–Kier alpha value is -2.12. The highest BCUT2D eigenvalue weighted by Gasteiger charge is 2.01. The lowest BCUT2D eigenvalue weighted by Gasteiger charge is -2.03. The smallest absolute Gasteiger partial charge is 0.126 e. The van der Waals surface area contributed by atoms with Crippen LogP contribution in [0.3, 0.4) is 0 Å². The van der Waals surface area contributed by atoms with Gasteiger partial charge >= 0.3 is 0 Å². The Morgan fingerprint density at radius 3 is 2.41 bits per heavy atom. The van der Waals surface area contributed by atoms with E-state index in [4.69, 9.17) is 15.4 Å². The normalized spacial score (nSPS) is 9.65. The van der Waals surface area contributed by atoms with E-state index in [0.717, 1.165) is 16.2 Å². The summed E-state index contributed by atoms with van der Waals surface area (Å²) in [6.07, 6.45) is 0. The van der Waals surface area contributed by atoms with Gasteiger partial charge in [-0.2, -0.15) is 5.26 Å². The standard InChI is InChI=1S/C13H10N2OS/c1-16-11-5-2-9(3-6-11)12-7-4-10(8-14)13(15)17-12/h2-7,15H,1H3. The quantitative estimate of drug-likeness (QED) is 0.880. The number of rotatable bonds is 2. The first kappa shape index (κ1) is 11.4. The average molecular weight is 242 g/mol. The topological polar surface area (TPSA) is 56.9 Å². The Morgan fingerprint density at radius 1 is 1.18 bits per heavy atom. The highest BCUT2D eigenvalue weighted by molar-refractivity contribution is 7.12. The third kappa shape index (κ3) is 2.35. The summed E-state index contributed by atoms with van der Waals surface area (Å²) in [7, 11) is 1.63. The second kappa shape index (κ2) is 4.81. The molecule has 0 spiro atoms. The molecule has 1 N–H and O–H groups in total. The second-order valence-electron chi connectivity index (χ2n) is 3.38. The third-order valence-electron chi connectivity index (χ3n) is 2.35. The van der Waals surface area contributed by atoms with E-state index < -0.39 is 0 Å². The molecule has 0 aliphatic carbocycles. The predicted octanol–water partition coefficient (Wildman–Crippen LogP) is 2.77. The summed E-state index contributed by atoms with van der Waals surface area (Å²) < 4.78 is 5.38. The molecule has 0 radical (unpaired) electrons. The molecule has 0 saturated heterocycles. The molecule has 3 nitrogen and oxygen atoms in total. The van der Waals surface area contributed by atoms with Crippen molar-refractivity contribution in [2.45, 2.75) is 0 Å². The van der Waals surface area contributed by atoms with Crippen LogP contribution >= 0.6 is 11.3 Å². The molecule has 1 heterocycles. The SMILES string of the molecule is COc1ccc(-c2ccc(C#N)c(=N)s2)cc1. The van der Waals surface area contributed by atoms with Crippen LogP contribution in [-0.2, 0) is 0 Å². The van der Waals surface area contributed by atoms with E-state index in [1.165, 1.54) is 11.3 Å². The molecule has 0 aliphatic rings. The molecular formula is C13H10N2OS. The molecule has 0 amide bonds. The number of hydrogen-bond donors (Lipinski definition) is 1. The molecule has 17 heavy (non-hydrogen) atoms. The van der Waals surface area contributed by atoms with Crippen molar-refractivity contribution in [3.05, 3.63) is 46.6 Å². The van der Waals surface area contributed by atoms with Gasteiger partial charge in [0.15, 0.2) is 0 Å². The summed E-state index contributed by atoms with van der Waals surface area (Å²) in [6, 6.07) is 13.2. The fourth-order valence-corrected chi connectivity index (χ4v) is 2.27. The lowest BCUT2D eigenvalue weighted by molar-refractivity contribution is 0.415. The largest absolute Gasteiger partial charge is 0.497 e. The van der Waals surface area contributed by atoms with Gasteiger partial charge in [-0.05, 0) is 42.0 Å². The molecule has 0 bridgehead atoms. The third-order valence-corrected chi connectivity index (χ3v) is 3.37. The first-order valence-corrected chi connectivity index (χ1v) is 5.79. The van der Waals surface area contributed by atoms with Crippen molar-refractivity contribution in [3.8, 4) is 22.3 Å². The van der Waals surface area contributed by atoms with Crippen LogP contribution in [0, 0.1) is 16.7 Å². The van der Waals surface area contributed by atoms with Crippen LogP contribution in [-0.4, -0.2) is 7.11 Å². The van der Waals surface area contributed by atoms with Crippen molar-refractivity contribution < 1.29 is 4.74 Å². The van der Waals surface area contributed by atoms with Gasteiger partial charge in [0, 0.05) is 4.88 Å². The van der Waals surface area contributed by atoms with Crippen LogP contribution in [0.2, 0.25) is 0 Å². The Bertz CT molecular complexity index is 623. The first-order valence-electron chi connectivity index (χ1n) is 4.98. The van der Waals surface area contributed by atoms with E-state index in [0.29, 0.717) is 10.2 Å². The van der Waals surface area contributed by atoms with Gasteiger partial charge in [-0.3, -0.25) is 5.41 Å². The fourth-order valence-electron chi connectivity index (χ4n) is 1.43. The van der Waals surface area contributed by atoms with E-state index in [1.807, 2.05) is 36.4 Å². The molecule has 84 valence electrons. The van der Waals surface area contributed by atoms with E-state index in [2.05, 4.69) is 0 Å². The maximum atomic E-state index is 8.77. The van der Waals surface area contributed by atoms with E-state index in [-0.39, 0.29) is 0 Å². The zero-order valence-corrected chi connectivity index (χ0v) is 10.0. The minimum absolute atomic E-state index is 0.292. The van der Waals surface area contributed by atoms with Gasteiger partial charge in [-0.25, -0.2) is 0 Å². The van der Waals surface area contributed by atoms with Crippen molar-refractivity contribution in [1.29, 1.82) is 10.7 Å². The Kier molecular flexibility index (Phi) is 3.22. The first-order chi connectivity index (χ1) is 8.24. The van der Waals surface area contributed by atoms with Crippen LogP contribution in [0.1, 0.15) is 5.56 Å². The maximum Gasteiger partial charge on any atom is 0.126 e. The van der Waals surface area contributed by atoms with Crippen molar-refractivity contribution in [1.82, 2.24) is 0 Å².